The van der Waals surface area contributed by atoms with Crippen molar-refractivity contribution >= 4 is 15.9 Å². The molecule has 9 heteroatoms. The molecule has 0 fully saturated rings. The number of nitrogens with one attached hydrogen (secondary N) is 1. The number of ether oxygens (including phenoxy) is 1. The molecule has 1 rings (SSSR count). The number of sulfonamides is 1. The maximum atomic E-state index is 13.5. The molecule has 0 saturated heterocycles. The van der Waals surface area contributed by atoms with Crippen LogP contribution in [0.5, 0.6) is 5.75 Å². The van der Waals surface area contributed by atoms with E-state index in [0.717, 1.165) is 0 Å². The number of nitrogens with two attached hydrogens (primary N) is 1. The monoisotopic (exact) mass is 294 g/mol. The second-order valence-electron chi connectivity index (χ2n) is 3.50. The van der Waals surface area contributed by atoms with Gasteiger partial charge in [-0.15, -0.1) is 0 Å². The van der Waals surface area contributed by atoms with Gasteiger partial charge in [0.25, 0.3) is 5.91 Å². The number of carbonyl (C=O) groups excluding carboxylic acids is 1. The molecule has 0 bridgehead atoms. The third-order valence-corrected chi connectivity index (χ3v) is 2.91. The van der Waals surface area contributed by atoms with Gasteiger partial charge in [-0.3, -0.25) is 4.79 Å². The van der Waals surface area contributed by atoms with E-state index in [-0.39, 0.29) is 0 Å². The number of carbonyl (C=O) groups is 1. The topological polar surface area (TPSA) is 98.5 Å². The van der Waals surface area contributed by atoms with Crippen LogP contribution >= 0.6 is 0 Å². The van der Waals surface area contributed by atoms with Crippen molar-refractivity contribution in [1.29, 1.82) is 0 Å². The van der Waals surface area contributed by atoms with Gasteiger partial charge in [0.05, 0.1) is 4.90 Å². The summed E-state index contributed by atoms with van der Waals surface area (Å²) in [5, 5.41) is 7.11. The maximum absolute atomic E-state index is 13.5. The van der Waals surface area contributed by atoms with Gasteiger partial charge >= 0.3 is 0 Å². The minimum Gasteiger partial charge on any atom is -0.478 e. The van der Waals surface area contributed by atoms with Gasteiger partial charge in [0.15, 0.2) is 24.0 Å². The molecule has 0 atom stereocenters. The normalized spacial score (nSPS) is 11.2. The van der Waals surface area contributed by atoms with E-state index in [1.807, 2.05) is 0 Å². The van der Waals surface area contributed by atoms with Gasteiger partial charge in [0.2, 0.25) is 10.0 Å². The van der Waals surface area contributed by atoms with Crippen molar-refractivity contribution in [1.82, 2.24) is 5.32 Å². The molecule has 1 aromatic rings. The Morgan fingerprint density at radius 2 is 1.89 bits per heavy atom. The summed E-state index contributed by atoms with van der Waals surface area (Å²) in [5.41, 5.74) is 0. The molecule has 0 aromatic heterocycles. The number of benzene rings is 1. The summed E-state index contributed by atoms with van der Waals surface area (Å²) < 4.78 is 53.5. The van der Waals surface area contributed by atoms with E-state index in [1.165, 1.54) is 0 Å². The lowest BCUT2D eigenvalue weighted by Crippen LogP contribution is -2.28. The van der Waals surface area contributed by atoms with Gasteiger partial charge in [0, 0.05) is 6.54 Å². The molecule has 19 heavy (non-hydrogen) atoms. The molecule has 3 N–H and O–H groups in total. The van der Waals surface area contributed by atoms with Gasteiger partial charge in [-0.25, -0.2) is 22.3 Å². The highest BCUT2D eigenvalue weighted by Gasteiger charge is 2.18. The molecule has 0 aliphatic heterocycles. The lowest BCUT2D eigenvalue weighted by Gasteiger charge is -2.09. The zero-order chi connectivity index (χ0) is 14.6. The fourth-order valence-electron chi connectivity index (χ4n) is 1.22. The fraction of sp³-hybridized carbons (Fsp3) is 0.300. The van der Waals surface area contributed by atoms with Crippen LogP contribution in [0.15, 0.2) is 17.0 Å². The van der Waals surface area contributed by atoms with Crippen molar-refractivity contribution in [2.24, 2.45) is 5.14 Å². The summed E-state index contributed by atoms with van der Waals surface area (Å²) in [6, 6.07) is 1.04. The maximum Gasteiger partial charge on any atom is 0.257 e. The first-order valence-corrected chi connectivity index (χ1v) is 6.71. The Bertz CT molecular complexity index is 566. The zero-order valence-corrected chi connectivity index (χ0v) is 10.8. The lowest BCUT2D eigenvalue weighted by atomic mass is 10.3. The number of primary sulfonamides is 1. The zero-order valence-electron chi connectivity index (χ0n) is 9.94. The van der Waals surface area contributed by atoms with Gasteiger partial charge < -0.3 is 10.1 Å². The van der Waals surface area contributed by atoms with E-state index in [0.29, 0.717) is 18.7 Å². The summed E-state index contributed by atoms with van der Waals surface area (Å²) >= 11 is 0. The van der Waals surface area contributed by atoms with Crippen LogP contribution in [0.25, 0.3) is 0 Å². The second-order valence-corrected chi connectivity index (χ2v) is 5.06. The van der Waals surface area contributed by atoms with Crippen molar-refractivity contribution in [3.05, 3.63) is 23.8 Å². The largest absolute Gasteiger partial charge is 0.478 e. The number of rotatable bonds is 5. The minimum absolute atomic E-state index is 0.345. The van der Waals surface area contributed by atoms with E-state index >= 15 is 0 Å². The number of amides is 1. The van der Waals surface area contributed by atoms with E-state index in [4.69, 9.17) is 5.14 Å². The minimum atomic E-state index is -4.22. The van der Waals surface area contributed by atoms with Crippen LogP contribution in [0.2, 0.25) is 0 Å². The molecule has 0 unspecified atom stereocenters. The number of halogens is 2. The Hall–Kier alpha value is -1.74. The molecule has 0 aliphatic rings. The average Bonchev–Trinajstić information content (AvgIpc) is 2.26. The number of hydrogen-bond acceptors (Lipinski definition) is 4. The quantitative estimate of drug-likeness (QED) is 0.806. The first-order valence-electron chi connectivity index (χ1n) is 5.17. The first-order chi connectivity index (χ1) is 8.75. The summed E-state index contributed by atoms with van der Waals surface area (Å²) in [4.78, 5) is 10.4. The van der Waals surface area contributed by atoms with Gasteiger partial charge in [-0.05, 0) is 19.1 Å². The Kier molecular flexibility index (Phi) is 4.78. The predicted molar refractivity (Wildman–Crippen MR) is 61.9 cm³/mol. The molecular weight excluding hydrogens is 282 g/mol. The Balaban J connectivity index is 2.95. The molecule has 106 valence electrons. The summed E-state index contributed by atoms with van der Waals surface area (Å²) in [6.07, 6.45) is 0. The molecule has 0 spiro atoms. The highest BCUT2D eigenvalue weighted by atomic mass is 32.2. The molecular formula is C10H12F2N2O4S. The molecule has 0 heterocycles. The smallest absolute Gasteiger partial charge is 0.257 e. The highest BCUT2D eigenvalue weighted by Crippen LogP contribution is 2.24. The first kappa shape index (κ1) is 15.3. The van der Waals surface area contributed by atoms with Crippen molar-refractivity contribution < 1.29 is 26.7 Å². The van der Waals surface area contributed by atoms with E-state index in [9.17, 15) is 22.0 Å². The van der Waals surface area contributed by atoms with Crippen molar-refractivity contribution in [3.63, 3.8) is 0 Å². The van der Waals surface area contributed by atoms with Crippen molar-refractivity contribution in [3.8, 4) is 5.75 Å². The lowest BCUT2D eigenvalue weighted by molar-refractivity contribution is -0.123. The average molecular weight is 294 g/mol. The summed E-state index contributed by atoms with van der Waals surface area (Å²) in [5.74, 6) is -3.91. The Morgan fingerprint density at radius 3 is 2.32 bits per heavy atom. The van der Waals surface area contributed by atoms with Crippen LogP contribution < -0.4 is 15.2 Å². The molecule has 0 aliphatic carbocycles. The Morgan fingerprint density at radius 1 is 1.37 bits per heavy atom. The predicted octanol–water partition coefficient (Wildman–Crippen LogP) is 0.127. The van der Waals surface area contributed by atoms with E-state index in [2.05, 4.69) is 10.1 Å². The summed E-state index contributed by atoms with van der Waals surface area (Å²) in [7, 11) is -4.22. The van der Waals surface area contributed by atoms with E-state index < -0.39 is 44.8 Å². The molecule has 0 saturated carbocycles. The van der Waals surface area contributed by atoms with Gasteiger partial charge in [0.1, 0.15) is 0 Å². The second kappa shape index (κ2) is 5.93. The number of likely N-dealkylation sites (N-methyl/N-ethyl adjacent to an activating group) is 1. The van der Waals surface area contributed by atoms with Crippen LogP contribution in [0.3, 0.4) is 0 Å². The van der Waals surface area contributed by atoms with Gasteiger partial charge in [-0.2, -0.15) is 0 Å². The standard InChI is InChI=1S/C10H12F2N2O4S/c1-2-14-9(15)5-18-10-7(11)3-6(4-8(10)12)19(13,16)17/h3-4H,2,5H2,1H3,(H,14,15)(H2,13,16,17). The van der Waals surface area contributed by atoms with Crippen molar-refractivity contribution in [2.45, 2.75) is 11.8 Å². The van der Waals surface area contributed by atoms with Crippen LogP contribution in [0, 0.1) is 11.6 Å². The van der Waals surface area contributed by atoms with Crippen LogP contribution in [0.1, 0.15) is 6.92 Å². The molecule has 1 amide bonds. The molecule has 1 aromatic carbocycles. The van der Waals surface area contributed by atoms with Crippen molar-refractivity contribution in [2.75, 3.05) is 13.2 Å². The number of hydrogen-bond donors (Lipinski definition) is 2. The van der Waals surface area contributed by atoms with Crippen LogP contribution in [0.4, 0.5) is 8.78 Å². The van der Waals surface area contributed by atoms with Gasteiger partial charge in [-0.1, -0.05) is 0 Å². The third-order valence-electron chi connectivity index (χ3n) is 2.02. The summed E-state index contributed by atoms with van der Waals surface area (Å²) in [6.45, 7) is 1.42. The Labute approximate surface area is 108 Å². The molecule has 6 nitrogen and oxygen atoms in total. The van der Waals surface area contributed by atoms with Crippen LogP contribution in [-0.2, 0) is 14.8 Å². The van der Waals surface area contributed by atoms with E-state index in [1.54, 1.807) is 6.92 Å². The fourth-order valence-corrected chi connectivity index (χ4v) is 1.76. The molecule has 0 radical (unpaired) electrons. The highest BCUT2D eigenvalue weighted by molar-refractivity contribution is 7.89. The SMILES string of the molecule is CCNC(=O)COc1c(F)cc(S(N)(=O)=O)cc1F. The third kappa shape index (κ3) is 4.14. The van der Waals surface area contributed by atoms with Crippen LogP contribution in [-0.4, -0.2) is 27.5 Å².